The normalized spacial score (nSPS) is 19.5. The second-order valence-corrected chi connectivity index (χ2v) is 8.49. The van der Waals surface area contributed by atoms with E-state index in [-0.39, 0.29) is 5.75 Å². The molecule has 1 heterocycles. The summed E-state index contributed by atoms with van der Waals surface area (Å²) in [5.41, 5.74) is 2.69. The highest BCUT2D eigenvalue weighted by Crippen LogP contribution is 2.28. The lowest BCUT2D eigenvalue weighted by Gasteiger charge is -2.23. The van der Waals surface area contributed by atoms with E-state index in [9.17, 15) is 8.42 Å². The number of sulfonamides is 1. The molecule has 0 saturated carbocycles. The van der Waals surface area contributed by atoms with Crippen molar-refractivity contribution in [1.29, 1.82) is 0 Å². The Bertz CT molecular complexity index is 573. The number of halogens is 1. The lowest BCUT2D eigenvalue weighted by molar-refractivity contribution is 0.393. The van der Waals surface area contributed by atoms with Crippen molar-refractivity contribution in [2.75, 3.05) is 17.0 Å². The van der Waals surface area contributed by atoms with Gasteiger partial charge in [-0.05, 0) is 72.8 Å². The van der Waals surface area contributed by atoms with Gasteiger partial charge in [0.2, 0.25) is 10.0 Å². The van der Waals surface area contributed by atoms with Crippen molar-refractivity contribution in [3.63, 3.8) is 0 Å². The molecule has 0 spiro atoms. The second kappa shape index (κ2) is 7.11. The van der Waals surface area contributed by atoms with E-state index >= 15 is 0 Å². The maximum Gasteiger partial charge on any atom is 0.232 e. The number of piperidine rings is 1. The molecule has 1 aliphatic rings. The van der Waals surface area contributed by atoms with Crippen molar-refractivity contribution >= 4 is 31.6 Å². The standard InChI is InChI=1S/C15H23BrN2O2S/c1-11-9-12(2)15(14(16)10-11)18-21(19,20)8-6-13-5-3-4-7-17-13/h9-10,13,17-18H,3-8H2,1-2H3. The summed E-state index contributed by atoms with van der Waals surface area (Å²) in [6.45, 7) is 4.91. The molecule has 21 heavy (non-hydrogen) atoms. The van der Waals surface area contributed by atoms with Gasteiger partial charge in [-0.15, -0.1) is 0 Å². The van der Waals surface area contributed by atoms with E-state index in [1.54, 1.807) is 0 Å². The van der Waals surface area contributed by atoms with E-state index in [0.717, 1.165) is 28.6 Å². The average molecular weight is 375 g/mol. The van der Waals surface area contributed by atoms with Crippen LogP contribution in [0.4, 0.5) is 5.69 Å². The maximum atomic E-state index is 12.3. The van der Waals surface area contributed by atoms with Gasteiger partial charge in [0.25, 0.3) is 0 Å². The van der Waals surface area contributed by atoms with Crippen molar-refractivity contribution in [1.82, 2.24) is 5.32 Å². The zero-order valence-electron chi connectivity index (χ0n) is 12.6. The Kier molecular flexibility index (Phi) is 5.68. The molecule has 0 amide bonds. The van der Waals surface area contributed by atoms with Crippen LogP contribution in [0, 0.1) is 13.8 Å². The van der Waals surface area contributed by atoms with Gasteiger partial charge < -0.3 is 5.32 Å². The average Bonchev–Trinajstić information content (AvgIpc) is 2.42. The highest BCUT2D eigenvalue weighted by Gasteiger charge is 2.19. The largest absolute Gasteiger partial charge is 0.314 e. The fourth-order valence-corrected chi connectivity index (χ4v) is 4.90. The van der Waals surface area contributed by atoms with Gasteiger partial charge >= 0.3 is 0 Å². The fourth-order valence-electron chi connectivity index (χ4n) is 2.72. The Morgan fingerprint density at radius 2 is 2.10 bits per heavy atom. The van der Waals surface area contributed by atoms with Crippen LogP contribution >= 0.6 is 15.9 Å². The molecule has 6 heteroatoms. The van der Waals surface area contributed by atoms with Crippen LogP contribution in [-0.2, 0) is 10.0 Å². The topological polar surface area (TPSA) is 58.2 Å². The summed E-state index contributed by atoms with van der Waals surface area (Å²) < 4.78 is 28.1. The highest BCUT2D eigenvalue weighted by atomic mass is 79.9. The van der Waals surface area contributed by atoms with Crippen LogP contribution in [0.15, 0.2) is 16.6 Å². The molecule has 1 fully saturated rings. The molecule has 2 rings (SSSR count). The number of benzene rings is 1. The monoisotopic (exact) mass is 374 g/mol. The molecule has 0 aliphatic carbocycles. The maximum absolute atomic E-state index is 12.3. The molecule has 1 unspecified atom stereocenters. The van der Waals surface area contributed by atoms with E-state index < -0.39 is 10.0 Å². The number of hydrogen-bond donors (Lipinski definition) is 2. The van der Waals surface area contributed by atoms with Crippen molar-refractivity contribution in [2.45, 2.75) is 45.6 Å². The van der Waals surface area contributed by atoms with E-state index in [2.05, 4.69) is 26.0 Å². The second-order valence-electron chi connectivity index (χ2n) is 5.80. The van der Waals surface area contributed by atoms with Crippen LogP contribution in [0.5, 0.6) is 0 Å². The van der Waals surface area contributed by atoms with Crippen LogP contribution in [0.25, 0.3) is 0 Å². The van der Waals surface area contributed by atoms with Gasteiger partial charge in [0.1, 0.15) is 0 Å². The lowest BCUT2D eigenvalue weighted by atomic mass is 10.0. The zero-order valence-corrected chi connectivity index (χ0v) is 15.0. The van der Waals surface area contributed by atoms with Gasteiger partial charge in [0.05, 0.1) is 11.4 Å². The number of nitrogens with one attached hydrogen (secondary N) is 2. The van der Waals surface area contributed by atoms with Gasteiger partial charge in [-0.3, -0.25) is 4.72 Å². The minimum atomic E-state index is -3.31. The summed E-state index contributed by atoms with van der Waals surface area (Å²) >= 11 is 3.44. The molecular formula is C15H23BrN2O2S. The summed E-state index contributed by atoms with van der Waals surface area (Å²) in [6, 6.07) is 4.23. The van der Waals surface area contributed by atoms with Crippen molar-refractivity contribution in [2.24, 2.45) is 0 Å². The molecule has 0 radical (unpaired) electrons. The zero-order chi connectivity index (χ0) is 15.5. The SMILES string of the molecule is Cc1cc(C)c(NS(=O)(=O)CCC2CCCCN2)c(Br)c1. The fraction of sp³-hybridized carbons (Fsp3) is 0.600. The summed E-state index contributed by atoms with van der Waals surface area (Å²) in [6.07, 6.45) is 4.12. The summed E-state index contributed by atoms with van der Waals surface area (Å²) in [5, 5.41) is 3.38. The number of anilines is 1. The Morgan fingerprint density at radius 3 is 2.71 bits per heavy atom. The lowest BCUT2D eigenvalue weighted by Crippen LogP contribution is -2.36. The molecule has 4 nitrogen and oxygen atoms in total. The van der Waals surface area contributed by atoms with Gasteiger partial charge in [0, 0.05) is 10.5 Å². The summed E-state index contributed by atoms with van der Waals surface area (Å²) in [5.74, 6) is 0.157. The molecule has 1 aliphatic heterocycles. The molecule has 118 valence electrons. The molecule has 1 aromatic rings. The van der Waals surface area contributed by atoms with Gasteiger partial charge in [-0.1, -0.05) is 12.5 Å². The van der Waals surface area contributed by atoms with Crippen molar-refractivity contribution in [3.05, 3.63) is 27.7 Å². The van der Waals surface area contributed by atoms with Gasteiger partial charge in [-0.2, -0.15) is 0 Å². The third-order valence-corrected chi connectivity index (χ3v) is 5.75. The van der Waals surface area contributed by atoms with Gasteiger partial charge in [-0.25, -0.2) is 8.42 Å². The number of aryl methyl sites for hydroxylation is 2. The van der Waals surface area contributed by atoms with Crippen LogP contribution in [0.2, 0.25) is 0 Å². The first-order valence-electron chi connectivity index (χ1n) is 7.38. The third-order valence-electron chi connectivity index (χ3n) is 3.84. The van der Waals surface area contributed by atoms with Gasteiger partial charge in [0.15, 0.2) is 0 Å². The van der Waals surface area contributed by atoms with Crippen molar-refractivity contribution < 1.29 is 8.42 Å². The quantitative estimate of drug-likeness (QED) is 0.830. The first-order chi connectivity index (χ1) is 9.87. The van der Waals surface area contributed by atoms with Crippen LogP contribution in [-0.4, -0.2) is 26.8 Å². The summed E-state index contributed by atoms with van der Waals surface area (Å²) in [7, 11) is -3.31. The Morgan fingerprint density at radius 1 is 1.33 bits per heavy atom. The van der Waals surface area contributed by atoms with E-state index in [4.69, 9.17) is 0 Å². The molecule has 2 N–H and O–H groups in total. The predicted octanol–water partition coefficient (Wildman–Crippen LogP) is 3.34. The summed E-state index contributed by atoms with van der Waals surface area (Å²) in [4.78, 5) is 0. The highest BCUT2D eigenvalue weighted by molar-refractivity contribution is 9.10. The van der Waals surface area contributed by atoms with Crippen LogP contribution in [0.3, 0.4) is 0 Å². The third kappa shape index (κ3) is 4.97. The first-order valence-corrected chi connectivity index (χ1v) is 9.82. The molecule has 0 aromatic heterocycles. The molecule has 0 bridgehead atoms. The van der Waals surface area contributed by atoms with E-state index in [1.165, 1.54) is 12.8 Å². The molecule has 1 aromatic carbocycles. The minimum absolute atomic E-state index is 0.157. The Labute approximate surface area is 135 Å². The van der Waals surface area contributed by atoms with Crippen LogP contribution in [0.1, 0.15) is 36.8 Å². The van der Waals surface area contributed by atoms with Crippen molar-refractivity contribution in [3.8, 4) is 0 Å². The molecule has 1 saturated heterocycles. The van der Waals surface area contributed by atoms with E-state index in [0.29, 0.717) is 18.2 Å². The Balaban J connectivity index is 2.00. The molecule has 1 atom stereocenters. The first kappa shape index (κ1) is 16.8. The van der Waals surface area contributed by atoms with Crippen LogP contribution < -0.4 is 10.0 Å². The smallest absolute Gasteiger partial charge is 0.232 e. The van der Waals surface area contributed by atoms with E-state index in [1.807, 2.05) is 26.0 Å². The minimum Gasteiger partial charge on any atom is -0.314 e. The number of rotatable bonds is 5. The predicted molar refractivity (Wildman–Crippen MR) is 91.3 cm³/mol. The Hall–Kier alpha value is -0.590. The molecular weight excluding hydrogens is 352 g/mol. The number of hydrogen-bond acceptors (Lipinski definition) is 3.